The van der Waals surface area contributed by atoms with Crippen LogP contribution in [0.1, 0.15) is 49.2 Å². The van der Waals surface area contributed by atoms with Crippen LogP contribution in [0.15, 0.2) is 24.5 Å². The molecule has 9 heteroatoms. The number of rotatable bonds is 5. The fourth-order valence-corrected chi connectivity index (χ4v) is 5.31. The van der Waals surface area contributed by atoms with E-state index < -0.39 is 24.3 Å². The third kappa shape index (κ3) is 3.76. The zero-order valence-electron chi connectivity index (χ0n) is 18.5. The number of esters is 1. The Morgan fingerprint density at radius 2 is 2.16 bits per heavy atom. The molecule has 6 nitrogen and oxygen atoms in total. The highest BCUT2D eigenvalue weighted by molar-refractivity contribution is 5.91. The first-order valence-corrected chi connectivity index (χ1v) is 11.0. The molecule has 0 radical (unpaired) electrons. The Labute approximate surface area is 185 Å². The second-order valence-electron chi connectivity index (χ2n) is 8.48. The van der Waals surface area contributed by atoms with Gasteiger partial charge in [-0.25, -0.2) is 4.79 Å². The Morgan fingerprint density at radius 1 is 1.38 bits per heavy atom. The number of aromatic nitrogens is 2. The van der Waals surface area contributed by atoms with Crippen molar-refractivity contribution in [2.24, 2.45) is 5.92 Å². The molecule has 0 aromatic carbocycles. The molecule has 2 aromatic rings. The molecule has 1 fully saturated rings. The molecule has 2 aromatic heterocycles. The maximum Gasteiger partial charge on any atom is 0.401 e. The van der Waals surface area contributed by atoms with Gasteiger partial charge in [-0.1, -0.05) is 13.3 Å². The van der Waals surface area contributed by atoms with E-state index in [2.05, 4.69) is 4.98 Å². The topological polar surface area (TPSA) is 56.6 Å². The number of methoxy groups -OCH3 is 1. The standard InChI is InChI=1S/C23H28F3N3O3/c1-4-6-15-13-28(14-23(24,25)26)10-8-22(15)17-11-18(21(30)31-3)29(5-2)20(17)16-7-9-27-12-19(16)32-22/h7,9,11-12,15H,4-6,8,10,13-14H2,1-3H3. The number of halogens is 3. The number of hydrogen-bond donors (Lipinski definition) is 0. The monoisotopic (exact) mass is 451 g/mol. The summed E-state index contributed by atoms with van der Waals surface area (Å²) in [6, 6.07) is 3.66. The first-order valence-electron chi connectivity index (χ1n) is 11.0. The minimum Gasteiger partial charge on any atom is -0.480 e. The third-order valence-corrected chi connectivity index (χ3v) is 6.57. The SMILES string of the molecule is CCCC1CN(CC(F)(F)F)CCC12Oc1cnccc1-c1c2cc(C(=O)OC)n1CC. The molecule has 2 aliphatic rings. The number of alkyl halides is 3. The maximum atomic E-state index is 13.1. The van der Waals surface area contributed by atoms with Crippen LogP contribution in [0.5, 0.6) is 5.75 Å². The van der Waals surface area contributed by atoms with E-state index in [0.29, 0.717) is 30.8 Å². The zero-order chi connectivity index (χ0) is 23.1. The average molecular weight is 451 g/mol. The van der Waals surface area contributed by atoms with Crippen LogP contribution in [0.2, 0.25) is 0 Å². The summed E-state index contributed by atoms with van der Waals surface area (Å²) in [5.41, 5.74) is 2.13. The number of pyridine rings is 1. The van der Waals surface area contributed by atoms with Crippen LogP contribution in [0, 0.1) is 5.92 Å². The van der Waals surface area contributed by atoms with E-state index in [9.17, 15) is 18.0 Å². The Hall–Kier alpha value is -2.55. The number of ether oxygens (including phenoxy) is 2. The molecule has 1 spiro atoms. The van der Waals surface area contributed by atoms with Crippen molar-refractivity contribution < 1.29 is 27.4 Å². The quantitative estimate of drug-likeness (QED) is 0.621. The third-order valence-electron chi connectivity index (χ3n) is 6.57. The lowest BCUT2D eigenvalue weighted by molar-refractivity contribution is -0.160. The lowest BCUT2D eigenvalue weighted by Crippen LogP contribution is -2.55. The van der Waals surface area contributed by atoms with E-state index in [1.54, 1.807) is 12.4 Å². The van der Waals surface area contributed by atoms with Gasteiger partial charge >= 0.3 is 12.1 Å². The van der Waals surface area contributed by atoms with Crippen molar-refractivity contribution in [1.82, 2.24) is 14.5 Å². The smallest absolute Gasteiger partial charge is 0.401 e. The summed E-state index contributed by atoms with van der Waals surface area (Å²) in [5.74, 6) is -0.0305. The van der Waals surface area contributed by atoms with Crippen molar-refractivity contribution in [3.8, 4) is 17.0 Å². The maximum absolute atomic E-state index is 13.1. The summed E-state index contributed by atoms with van der Waals surface area (Å²) in [7, 11) is 1.34. The van der Waals surface area contributed by atoms with E-state index in [1.807, 2.05) is 30.5 Å². The number of hydrogen-bond acceptors (Lipinski definition) is 5. The summed E-state index contributed by atoms with van der Waals surface area (Å²) in [5, 5.41) is 0. The largest absolute Gasteiger partial charge is 0.480 e. The van der Waals surface area contributed by atoms with E-state index >= 15 is 0 Å². The van der Waals surface area contributed by atoms with Crippen molar-refractivity contribution in [1.29, 1.82) is 0 Å². The molecular weight excluding hydrogens is 423 g/mol. The number of nitrogens with zero attached hydrogens (tertiary/aromatic N) is 3. The molecule has 2 unspecified atom stereocenters. The molecule has 32 heavy (non-hydrogen) atoms. The van der Waals surface area contributed by atoms with Crippen LogP contribution < -0.4 is 4.74 Å². The van der Waals surface area contributed by atoms with Gasteiger partial charge in [0.1, 0.15) is 17.0 Å². The predicted molar refractivity (Wildman–Crippen MR) is 112 cm³/mol. The number of carbonyl (C=O) groups excluding carboxylic acids is 1. The van der Waals surface area contributed by atoms with Crippen molar-refractivity contribution in [2.75, 3.05) is 26.7 Å². The fraction of sp³-hybridized carbons (Fsp3) is 0.565. The van der Waals surface area contributed by atoms with Gasteiger partial charge in [0.15, 0.2) is 0 Å². The highest BCUT2D eigenvalue weighted by Crippen LogP contribution is 2.53. The second-order valence-corrected chi connectivity index (χ2v) is 8.48. The molecule has 2 atom stereocenters. The molecule has 0 bridgehead atoms. The van der Waals surface area contributed by atoms with Gasteiger partial charge in [-0.05, 0) is 25.5 Å². The van der Waals surface area contributed by atoms with Crippen LogP contribution in [0.3, 0.4) is 0 Å². The van der Waals surface area contributed by atoms with Gasteiger partial charge in [-0.2, -0.15) is 13.2 Å². The van der Waals surface area contributed by atoms with E-state index in [4.69, 9.17) is 9.47 Å². The van der Waals surface area contributed by atoms with Gasteiger partial charge in [-0.15, -0.1) is 0 Å². The molecule has 0 N–H and O–H groups in total. The van der Waals surface area contributed by atoms with Crippen LogP contribution in [0.4, 0.5) is 13.2 Å². The average Bonchev–Trinajstić information content (AvgIpc) is 3.15. The highest BCUT2D eigenvalue weighted by atomic mass is 19.4. The van der Waals surface area contributed by atoms with Crippen molar-refractivity contribution in [3.05, 3.63) is 35.8 Å². The van der Waals surface area contributed by atoms with E-state index in [1.165, 1.54) is 12.0 Å². The highest BCUT2D eigenvalue weighted by Gasteiger charge is 2.52. The molecule has 0 amide bonds. The Balaban J connectivity index is 1.87. The zero-order valence-corrected chi connectivity index (χ0v) is 18.5. The van der Waals surface area contributed by atoms with Gasteiger partial charge in [0.2, 0.25) is 0 Å². The van der Waals surface area contributed by atoms with Crippen LogP contribution in [0.25, 0.3) is 11.3 Å². The Morgan fingerprint density at radius 3 is 2.81 bits per heavy atom. The summed E-state index contributed by atoms with van der Waals surface area (Å²) in [4.78, 5) is 18.3. The molecule has 0 aliphatic carbocycles. The number of carbonyl (C=O) groups is 1. The summed E-state index contributed by atoms with van der Waals surface area (Å²) < 4.78 is 52.9. The van der Waals surface area contributed by atoms with Crippen LogP contribution in [-0.2, 0) is 16.9 Å². The molecule has 4 rings (SSSR count). The van der Waals surface area contributed by atoms with Crippen molar-refractivity contribution >= 4 is 5.97 Å². The van der Waals surface area contributed by atoms with Gasteiger partial charge in [0.25, 0.3) is 0 Å². The molecule has 1 saturated heterocycles. The molecule has 174 valence electrons. The minimum atomic E-state index is -4.25. The van der Waals surface area contributed by atoms with Crippen molar-refractivity contribution in [3.63, 3.8) is 0 Å². The van der Waals surface area contributed by atoms with Gasteiger partial charge < -0.3 is 14.0 Å². The lowest BCUT2D eigenvalue weighted by Gasteiger charge is -2.50. The second kappa shape index (κ2) is 8.42. The fourth-order valence-electron chi connectivity index (χ4n) is 5.31. The first-order chi connectivity index (χ1) is 15.2. The van der Waals surface area contributed by atoms with E-state index in [-0.39, 0.29) is 19.0 Å². The molecule has 0 saturated carbocycles. The minimum absolute atomic E-state index is 0.172. The van der Waals surface area contributed by atoms with Gasteiger partial charge in [0.05, 0.1) is 25.5 Å². The number of piperidine rings is 1. The van der Waals surface area contributed by atoms with Crippen LogP contribution >= 0.6 is 0 Å². The predicted octanol–water partition coefficient (Wildman–Crippen LogP) is 4.63. The summed E-state index contributed by atoms with van der Waals surface area (Å²) in [6.45, 7) is 4.10. The van der Waals surface area contributed by atoms with Gasteiger partial charge in [-0.3, -0.25) is 9.88 Å². The molecule has 2 aliphatic heterocycles. The number of fused-ring (bicyclic) bond motifs is 4. The summed E-state index contributed by atoms with van der Waals surface area (Å²) in [6.07, 6.45) is 0.973. The lowest BCUT2D eigenvalue weighted by atomic mass is 9.72. The summed E-state index contributed by atoms with van der Waals surface area (Å²) >= 11 is 0. The number of likely N-dealkylation sites (tertiary alicyclic amines) is 1. The normalized spacial score (nSPS) is 22.9. The molecular formula is C23H28F3N3O3. The molecule has 4 heterocycles. The van der Waals surface area contributed by atoms with E-state index in [0.717, 1.165) is 23.2 Å². The van der Waals surface area contributed by atoms with Gasteiger partial charge in [0, 0.05) is 49.3 Å². The first kappa shape index (κ1) is 22.6. The Bertz CT molecular complexity index is 1000. The van der Waals surface area contributed by atoms with Crippen molar-refractivity contribution in [2.45, 2.75) is 51.4 Å². The van der Waals surface area contributed by atoms with Crippen LogP contribution in [-0.4, -0.2) is 53.3 Å². The Kier molecular flexibility index (Phi) is 5.96.